The van der Waals surface area contributed by atoms with Gasteiger partial charge in [-0.1, -0.05) is 42.5 Å². The fraction of sp³-hybridized carbons (Fsp3) is 0.182. The van der Waals surface area contributed by atoms with Gasteiger partial charge in [0.25, 0.3) is 0 Å². The second-order valence-electron chi connectivity index (χ2n) is 3.04. The van der Waals surface area contributed by atoms with E-state index in [9.17, 15) is 4.79 Å². The molecule has 0 saturated heterocycles. The zero-order valence-corrected chi connectivity index (χ0v) is 7.23. The van der Waals surface area contributed by atoms with Crippen LogP contribution in [0.2, 0.25) is 0 Å². The van der Waals surface area contributed by atoms with Gasteiger partial charge < -0.3 is 5.32 Å². The van der Waals surface area contributed by atoms with E-state index in [0.29, 0.717) is 0 Å². The fourth-order valence-corrected chi connectivity index (χ4v) is 1.43. The van der Waals surface area contributed by atoms with Gasteiger partial charge >= 0.3 is 0 Å². The Hall–Kier alpha value is -1.41. The van der Waals surface area contributed by atoms with Crippen molar-refractivity contribution in [2.24, 2.45) is 0 Å². The van der Waals surface area contributed by atoms with E-state index >= 15 is 0 Å². The molecule has 1 aliphatic heterocycles. The Morgan fingerprint density at radius 2 is 2.08 bits per heavy atom. The first kappa shape index (κ1) is 8.20. The molecule has 1 heterocycles. The van der Waals surface area contributed by atoms with Crippen LogP contribution in [0.3, 0.4) is 0 Å². The summed E-state index contributed by atoms with van der Waals surface area (Å²) < 4.78 is 0. The summed E-state index contributed by atoms with van der Waals surface area (Å²) in [6.45, 7) is 0.795. The maximum atomic E-state index is 11.7. The first-order chi connectivity index (χ1) is 6.38. The molecular weight excluding hydrogens is 162 g/mol. The second kappa shape index (κ2) is 3.54. The van der Waals surface area contributed by atoms with Crippen LogP contribution in [0.25, 0.3) is 0 Å². The minimum Gasteiger partial charge on any atom is -0.300 e. The molecule has 0 aliphatic carbocycles. The van der Waals surface area contributed by atoms with E-state index in [4.69, 9.17) is 0 Å². The monoisotopic (exact) mass is 173 g/mol. The number of ketones is 1. The van der Waals surface area contributed by atoms with Gasteiger partial charge in [-0.15, -0.1) is 0 Å². The molecule has 1 aromatic rings. The molecule has 0 spiro atoms. The van der Waals surface area contributed by atoms with Crippen LogP contribution >= 0.6 is 0 Å². The minimum atomic E-state index is -0.123. The molecule has 0 radical (unpaired) electrons. The van der Waals surface area contributed by atoms with Crippen molar-refractivity contribution < 1.29 is 4.79 Å². The second-order valence-corrected chi connectivity index (χ2v) is 3.04. The largest absolute Gasteiger partial charge is 0.300 e. The molecule has 0 bridgehead atoms. The maximum Gasteiger partial charge on any atom is 0.183 e. The molecule has 13 heavy (non-hydrogen) atoms. The summed E-state index contributed by atoms with van der Waals surface area (Å²) in [6.07, 6.45) is 3.89. The summed E-state index contributed by atoms with van der Waals surface area (Å²) in [6, 6.07) is 9.24. The van der Waals surface area contributed by atoms with Crippen molar-refractivity contribution >= 4 is 5.78 Å². The Morgan fingerprint density at radius 3 is 2.69 bits per heavy atom. The first-order valence-corrected chi connectivity index (χ1v) is 4.37. The summed E-state index contributed by atoms with van der Waals surface area (Å²) in [5.41, 5.74) is 0.770. The third-order valence-electron chi connectivity index (χ3n) is 2.12. The zero-order valence-electron chi connectivity index (χ0n) is 7.23. The zero-order chi connectivity index (χ0) is 9.10. The van der Waals surface area contributed by atoms with Gasteiger partial charge in [0, 0.05) is 12.1 Å². The van der Waals surface area contributed by atoms with Gasteiger partial charge in [-0.3, -0.25) is 4.79 Å². The number of carbonyl (C=O) groups excluding carboxylic acids is 1. The van der Waals surface area contributed by atoms with E-state index in [-0.39, 0.29) is 11.8 Å². The van der Waals surface area contributed by atoms with Crippen molar-refractivity contribution in [1.82, 2.24) is 5.32 Å². The molecule has 0 aromatic heterocycles. The third-order valence-corrected chi connectivity index (χ3v) is 2.12. The average molecular weight is 173 g/mol. The van der Waals surface area contributed by atoms with Crippen LogP contribution in [0.5, 0.6) is 0 Å². The van der Waals surface area contributed by atoms with Crippen molar-refractivity contribution in [2.75, 3.05) is 6.54 Å². The number of nitrogens with one attached hydrogen (secondary N) is 1. The van der Waals surface area contributed by atoms with Crippen molar-refractivity contribution in [3.63, 3.8) is 0 Å². The van der Waals surface area contributed by atoms with Crippen LogP contribution in [0.15, 0.2) is 42.5 Å². The molecular formula is C11H11NO. The molecule has 1 atom stereocenters. The Bertz CT molecular complexity index is 329. The highest BCUT2D eigenvalue weighted by Gasteiger charge is 2.18. The average Bonchev–Trinajstić information content (AvgIpc) is 2.71. The summed E-state index contributed by atoms with van der Waals surface area (Å²) in [4.78, 5) is 11.7. The highest BCUT2D eigenvalue weighted by Crippen LogP contribution is 2.06. The molecule has 66 valence electrons. The van der Waals surface area contributed by atoms with Gasteiger partial charge in [0.2, 0.25) is 0 Å². The lowest BCUT2D eigenvalue weighted by atomic mass is 10.1. The lowest BCUT2D eigenvalue weighted by Gasteiger charge is -2.06. The van der Waals surface area contributed by atoms with Crippen molar-refractivity contribution in [1.29, 1.82) is 0 Å². The number of hydrogen-bond acceptors (Lipinski definition) is 2. The molecule has 0 fully saturated rings. The Kier molecular flexibility index (Phi) is 2.23. The quantitative estimate of drug-likeness (QED) is 0.541. The molecule has 2 nitrogen and oxygen atoms in total. The standard InChI is InChI=1S/C11H11NO/c13-11(10-7-4-8-12-10)9-5-2-1-3-6-9/h1-7,10,12H,8H2. The molecule has 1 aromatic carbocycles. The van der Waals surface area contributed by atoms with Gasteiger partial charge in [-0.05, 0) is 0 Å². The molecule has 2 rings (SSSR count). The molecule has 1 unspecified atom stereocenters. The lowest BCUT2D eigenvalue weighted by molar-refractivity contribution is 0.0968. The van der Waals surface area contributed by atoms with Crippen LogP contribution in [0.4, 0.5) is 0 Å². The van der Waals surface area contributed by atoms with Crippen LogP contribution in [0.1, 0.15) is 10.4 Å². The molecule has 0 amide bonds. The number of rotatable bonds is 2. The summed E-state index contributed by atoms with van der Waals surface area (Å²) in [5, 5.41) is 3.09. The van der Waals surface area contributed by atoms with Crippen LogP contribution in [0, 0.1) is 0 Å². The fourth-order valence-electron chi connectivity index (χ4n) is 1.43. The third kappa shape index (κ3) is 1.68. The molecule has 2 heteroatoms. The minimum absolute atomic E-state index is 0.123. The van der Waals surface area contributed by atoms with E-state index in [2.05, 4.69) is 5.32 Å². The molecule has 1 N–H and O–H groups in total. The summed E-state index contributed by atoms with van der Waals surface area (Å²) in [5.74, 6) is 0.148. The Morgan fingerprint density at radius 1 is 1.31 bits per heavy atom. The lowest BCUT2D eigenvalue weighted by Crippen LogP contribution is -2.30. The van der Waals surface area contributed by atoms with E-state index in [1.807, 2.05) is 42.5 Å². The van der Waals surface area contributed by atoms with E-state index in [1.54, 1.807) is 0 Å². The van der Waals surface area contributed by atoms with Gasteiger partial charge in [-0.2, -0.15) is 0 Å². The molecule has 1 aliphatic rings. The number of benzene rings is 1. The Labute approximate surface area is 77.3 Å². The highest BCUT2D eigenvalue weighted by molar-refractivity contribution is 6.01. The van der Waals surface area contributed by atoms with Gasteiger partial charge in [0.1, 0.15) is 0 Å². The van der Waals surface area contributed by atoms with E-state index in [1.165, 1.54) is 0 Å². The van der Waals surface area contributed by atoms with Gasteiger partial charge in [0.15, 0.2) is 5.78 Å². The Balaban J connectivity index is 2.18. The SMILES string of the molecule is O=C(c1ccccc1)C1C=CCN1. The van der Waals surface area contributed by atoms with E-state index < -0.39 is 0 Å². The van der Waals surface area contributed by atoms with Gasteiger partial charge in [-0.25, -0.2) is 0 Å². The topological polar surface area (TPSA) is 29.1 Å². The van der Waals surface area contributed by atoms with Crippen molar-refractivity contribution in [3.8, 4) is 0 Å². The van der Waals surface area contributed by atoms with Crippen LogP contribution < -0.4 is 5.32 Å². The van der Waals surface area contributed by atoms with Crippen molar-refractivity contribution in [2.45, 2.75) is 6.04 Å². The number of carbonyl (C=O) groups is 1. The first-order valence-electron chi connectivity index (χ1n) is 4.37. The smallest absolute Gasteiger partial charge is 0.183 e. The number of hydrogen-bond donors (Lipinski definition) is 1. The van der Waals surface area contributed by atoms with E-state index in [0.717, 1.165) is 12.1 Å². The van der Waals surface area contributed by atoms with Gasteiger partial charge in [0.05, 0.1) is 6.04 Å². The highest BCUT2D eigenvalue weighted by atomic mass is 16.1. The molecule has 0 saturated carbocycles. The number of Topliss-reactive ketones (excluding diaryl/α,β-unsaturated/α-hetero) is 1. The predicted molar refractivity (Wildman–Crippen MR) is 51.7 cm³/mol. The normalized spacial score (nSPS) is 20.5. The summed E-state index contributed by atoms with van der Waals surface area (Å²) in [7, 11) is 0. The predicted octanol–water partition coefficient (Wildman–Crippen LogP) is 1.40. The van der Waals surface area contributed by atoms with Crippen molar-refractivity contribution in [3.05, 3.63) is 48.0 Å². The maximum absolute atomic E-state index is 11.7. The van der Waals surface area contributed by atoms with Crippen LogP contribution in [-0.2, 0) is 0 Å². The van der Waals surface area contributed by atoms with Crippen LogP contribution in [-0.4, -0.2) is 18.4 Å². The summed E-state index contributed by atoms with van der Waals surface area (Å²) >= 11 is 0.